The molecule has 3 aromatic rings. The minimum absolute atomic E-state index is 0.163. The van der Waals surface area contributed by atoms with E-state index in [0.29, 0.717) is 11.8 Å². The summed E-state index contributed by atoms with van der Waals surface area (Å²) in [5, 5.41) is 12.7. The smallest absolute Gasteiger partial charge is 0.200 e. The second kappa shape index (κ2) is 5.74. The topological polar surface area (TPSA) is 49.6 Å². The Kier molecular flexibility index (Phi) is 3.46. The largest absolute Gasteiger partial charge is 0.368 e. The van der Waals surface area contributed by atoms with Crippen LogP contribution < -0.4 is 4.90 Å². The number of aromatic nitrogens is 4. The minimum Gasteiger partial charge on any atom is -0.368 e. The van der Waals surface area contributed by atoms with Crippen LogP contribution in [0.25, 0.3) is 5.65 Å². The molecule has 26 heavy (non-hydrogen) atoms. The number of fused-ring (bicyclic) bond motifs is 2. The third-order valence-electron chi connectivity index (χ3n) is 5.80. The highest BCUT2D eigenvalue weighted by atomic mass is 19.1. The van der Waals surface area contributed by atoms with Gasteiger partial charge >= 0.3 is 0 Å². The average Bonchev–Trinajstić information content (AvgIpc) is 3.27. The highest BCUT2D eigenvalue weighted by molar-refractivity contribution is 5.68. The van der Waals surface area contributed by atoms with Crippen LogP contribution in [0.15, 0.2) is 36.7 Å². The Morgan fingerprint density at radius 2 is 2.04 bits per heavy atom. The van der Waals surface area contributed by atoms with E-state index in [1.807, 2.05) is 19.1 Å². The zero-order valence-electron chi connectivity index (χ0n) is 14.9. The molecule has 2 aliphatic heterocycles. The number of halogens is 1. The molecule has 0 amide bonds. The zero-order valence-corrected chi connectivity index (χ0v) is 14.9. The van der Waals surface area contributed by atoms with Gasteiger partial charge in [-0.3, -0.25) is 4.90 Å². The van der Waals surface area contributed by atoms with E-state index >= 15 is 0 Å². The fourth-order valence-electron chi connectivity index (χ4n) is 4.81. The Hall–Kier alpha value is -2.54. The fourth-order valence-corrected chi connectivity index (χ4v) is 4.81. The van der Waals surface area contributed by atoms with Gasteiger partial charge in [0.15, 0.2) is 0 Å². The van der Waals surface area contributed by atoms with E-state index in [9.17, 15) is 4.39 Å². The van der Waals surface area contributed by atoms with Gasteiger partial charge < -0.3 is 4.90 Å². The Morgan fingerprint density at radius 1 is 1.15 bits per heavy atom. The number of hydrogen-bond donors (Lipinski definition) is 0. The summed E-state index contributed by atoms with van der Waals surface area (Å²) < 4.78 is 15.5. The Morgan fingerprint density at radius 3 is 2.88 bits per heavy atom. The second-order valence-corrected chi connectivity index (χ2v) is 7.54. The van der Waals surface area contributed by atoms with E-state index in [4.69, 9.17) is 0 Å². The van der Waals surface area contributed by atoms with Crippen LogP contribution in [0.3, 0.4) is 0 Å². The van der Waals surface area contributed by atoms with Crippen molar-refractivity contribution in [3.8, 4) is 0 Å². The van der Waals surface area contributed by atoms with Crippen LogP contribution in [0, 0.1) is 24.6 Å². The summed E-state index contributed by atoms with van der Waals surface area (Å²) in [5.41, 5.74) is 3.90. The molecule has 0 saturated carbocycles. The van der Waals surface area contributed by atoms with Gasteiger partial charge in [-0.2, -0.15) is 9.61 Å². The normalized spacial score (nSPS) is 26.0. The van der Waals surface area contributed by atoms with Gasteiger partial charge in [-0.15, -0.1) is 10.2 Å². The number of hydrogen-bond acceptors (Lipinski definition) is 5. The van der Waals surface area contributed by atoms with Gasteiger partial charge in [-0.25, -0.2) is 4.39 Å². The van der Waals surface area contributed by atoms with Crippen LogP contribution in [-0.2, 0) is 0 Å². The molecule has 2 saturated heterocycles. The van der Waals surface area contributed by atoms with Crippen LogP contribution in [0.4, 0.5) is 10.1 Å². The molecule has 0 unspecified atom stereocenters. The van der Waals surface area contributed by atoms with Crippen molar-refractivity contribution >= 4 is 11.3 Å². The molecule has 5 rings (SSSR count). The van der Waals surface area contributed by atoms with Gasteiger partial charge in [0.1, 0.15) is 12.1 Å². The van der Waals surface area contributed by atoms with E-state index in [0.717, 1.165) is 42.2 Å². The van der Waals surface area contributed by atoms with E-state index in [2.05, 4.69) is 38.2 Å². The second-order valence-electron chi connectivity index (χ2n) is 7.54. The maximum absolute atomic E-state index is 13.8. The summed E-state index contributed by atoms with van der Waals surface area (Å²) in [6.07, 6.45) is 1.64. The van der Waals surface area contributed by atoms with Gasteiger partial charge in [-0.1, -0.05) is 12.1 Å². The van der Waals surface area contributed by atoms with Crippen molar-refractivity contribution in [1.82, 2.24) is 24.7 Å². The number of aryl methyl sites for hydroxylation is 1. The van der Waals surface area contributed by atoms with E-state index in [1.165, 1.54) is 6.07 Å². The Balaban J connectivity index is 1.49. The van der Waals surface area contributed by atoms with E-state index in [1.54, 1.807) is 16.9 Å². The van der Waals surface area contributed by atoms with Gasteiger partial charge in [0.2, 0.25) is 5.65 Å². The number of nitrogens with zero attached hydrogens (tertiary/aromatic N) is 6. The predicted octanol–water partition coefficient (Wildman–Crippen LogP) is 2.31. The van der Waals surface area contributed by atoms with Gasteiger partial charge in [0.25, 0.3) is 0 Å². The van der Waals surface area contributed by atoms with Crippen LogP contribution in [0.1, 0.15) is 17.3 Å². The third-order valence-corrected chi connectivity index (χ3v) is 5.80. The third kappa shape index (κ3) is 2.38. The quantitative estimate of drug-likeness (QED) is 0.708. The molecule has 3 atom stereocenters. The summed E-state index contributed by atoms with van der Waals surface area (Å²) >= 11 is 0. The molecule has 0 aliphatic carbocycles. The summed E-state index contributed by atoms with van der Waals surface area (Å²) in [6, 6.07) is 9.38. The van der Waals surface area contributed by atoms with Crippen molar-refractivity contribution in [2.45, 2.75) is 13.0 Å². The molecule has 0 radical (unpaired) electrons. The van der Waals surface area contributed by atoms with Gasteiger partial charge in [0, 0.05) is 31.6 Å². The van der Waals surface area contributed by atoms with Gasteiger partial charge in [0.05, 0.1) is 11.4 Å². The maximum atomic E-state index is 13.8. The molecule has 6 nitrogen and oxygen atoms in total. The minimum atomic E-state index is -0.163. The molecule has 0 spiro atoms. The first-order valence-electron chi connectivity index (χ1n) is 8.98. The summed E-state index contributed by atoms with van der Waals surface area (Å²) in [4.78, 5) is 4.76. The monoisotopic (exact) mass is 352 g/mol. The molecule has 134 valence electrons. The molecule has 1 aromatic carbocycles. The number of anilines is 1. The lowest BCUT2D eigenvalue weighted by Crippen LogP contribution is -2.29. The van der Waals surface area contributed by atoms with Crippen molar-refractivity contribution in [3.63, 3.8) is 0 Å². The zero-order chi connectivity index (χ0) is 17.8. The first-order chi connectivity index (χ1) is 12.6. The van der Waals surface area contributed by atoms with E-state index in [-0.39, 0.29) is 11.9 Å². The first-order valence-corrected chi connectivity index (χ1v) is 8.98. The number of rotatable bonds is 2. The van der Waals surface area contributed by atoms with Crippen molar-refractivity contribution in [1.29, 1.82) is 0 Å². The van der Waals surface area contributed by atoms with Crippen molar-refractivity contribution in [2.75, 3.05) is 31.6 Å². The molecule has 0 N–H and O–H groups in total. The fraction of sp³-hybridized carbons (Fsp3) is 0.421. The molecule has 7 heteroatoms. The van der Waals surface area contributed by atoms with Crippen LogP contribution in [-0.4, -0.2) is 51.4 Å². The molecule has 2 aliphatic rings. The van der Waals surface area contributed by atoms with Crippen molar-refractivity contribution < 1.29 is 4.39 Å². The lowest BCUT2D eigenvalue weighted by atomic mass is 9.89. The SMILES string of the molecule is Cc1cc(N2C[C@@H]3CN(C)[C@@H](c4cccc(F)c4)[C@@H]3C2)c2nncn2n1. The lowest BCUT2D eigenvalue weighted by Gasteiger charge is -2.27. The Labute approximate surface area is 151 Å². The van der Waals surface area contributed by atoms with Crippen LogP contribution in [0.2, 0.25) is 0 Å². The highest BCUT2D eigenvalue weighted by Gasteiger charge is 2.46. The predicted molar refractivity (Wildman–Crippen MR) is 96.5 cm³/mol. The molecule has 2 aromatic heterocycles. The molecular weight excluding hydrogens is 331 g/mol. The molecule has 0 bridgehead atoms. The standard InChI is InChI=1S/C19H21FN6/c1-12-6-17(19-22-21-11-26(19)23-12)25-9-14-8-24(2)18(16(14)10-25)13-4-3-5-15(20)7-13/h3-7,11,14,16,18H,8-10H2,1-2H3/t14-,16+,18-/m0/s1. The molecule has 2 fully saturated rings. The number of benzene rings is 1. The summed E-state index contributed by atoms with van der Waals surface area (Å²) in [7, 11) is 2.14. The van der Waals surface area contributed by atoms with Crippen LogP contribution >= 0.6 is 0 Å². The molecule has 4 heterocycles. The summed E-state index contributed by atoms with van der Waals surface area (Å²) in [6.45, 7) is 4.92. The first kappa shape index (κ1) is 15.7. The maximum Gasteiger partial charge on any atom is 0.200 e. The van der Waals surface area contributed by atoms with Crippen molar-refractivity contribution in [2.24, 2.45) is 11.8 Å². The van der Waals surface area contributed by atoms with E-state index < -0.39 is 0 Å². The summed E-state index contributed by atoms with van der Waals surface area (Å²) in [5.74, 6) is 0.868. The number of likely N-dealkylation sites (tertiary alicyclic amines) is 1. The van der Waals surface area contributed by atoms with Gasteiger partial charge in [-0.05, 0) is 43.7 Å². The lowest BCUT2D eigenvalue weighted by molar-refractivity contribution is 0.279. The highest BCUT2D eigenvalue weighted by Crippen LogP contribution is 2.45. The Bertz CT molecular complexity index is 970. The van der Waals surface area contributed by atoms with Crippen molar-refractivity contribution in [3.05, 3.63) is 53.7 Å². The average molecular weight is 352 g/mol. The molecular formula is C19H21FN6. The van der Waals surface area contributed by atoms with Crippen LogP contribution in [0.5, 0.6) is 0 Å².